The van der Waals surface area contributed by atoms with E-state index in [1.54, 1.807) is 58.8 Å². The van der Waals surface area contributed by atoms with E-state index in [4.69, 9.17) is 10.00 Å². The van der Waals surface area contributed by atoms with Crippen LogP contribution in [-0.4, -0.2) is 54.7 Å². The van der Waals surface area contributed by atoms with Crippen molar-refractivity contribution in [1.29, 1.82) is 5.26 Å². The summed E-state index contributed by atoms with van der Waals surface area (Å²) in [6.45, 7) is 5.94. The fourth-order valence-electron chi connectivity index (χ4n) is 2.60. The summed E-state index contributed by atoms with van der Waals surface area (Å²) in [7, 11) is 3.35. The lowest BCUT2D eigenvalue weighted by atomic mass is 10.0. The molecule has 0 unspecified atom stereocenters. The first-order chi connectivity index (χ1) is 12.3. The van der Waals surface area contributed by atoms with E-state index in [1.165, 1.54) is 4.90 Å². The third-order valence-electron chi connectivity index (χ3n) is 4.24. The van der Waals surface area contributed by atoms with Crippen LogP contribution in [0.1, 0.15) is 30.5 Å². The van der Waals surface area contributed by atoms with Crippen molar-refractivity contribution < 1.29 is 22.7 Å². The number of hydrogen-bond donors (Lipinski definition) is 0. The molecule has 0 saturated heterocycles. The molecule has 1 rings (SSSR count). The first kappa shape index (κ1) is 22.8. The largest absolute Gasteiger partial charge is 0.484 e. The second-order valence-corrected chi connectivity index (χ2v) is 7.26. The van der Waals surface area contributed by atoms with Crippen LogP contribution < -0.4 is 4.74 Å². The summed E-state index contributed by atoms with van der Waals surface area (Å²) >= 11 is 0. The van der Waals surface area contributed by atoms with Gasteiger partial charge in [-0.15, -0.1) is 0 Å². The zero-order valence-corrected chi connectivity index (χ0v) is 16.6. The number of amides is 1. The van der Waals surface area contributed by atoms with Crippen LogP contribution in [0.25, 0.3) is 0 Å². The van der Waals surface area contributed by atoms with E-state index in [9.17, 15) is 18.0 Å². The molecule has 0 aliphatic rings. The maximum absolute atomic E-state index is 12.4. The number of aryl methyl sites for hydroxylation is 2. The molecule has 150 valence electrons. The monoisotopic (exact) mass is 385 g/mol. The summed E-state index contributed by atoms with van der Waals surface area (Å²) in [6.07, 6.45) is -4.39. The Hall–Kier alpha value is -2.27. The molecule has 8 heteroatoms. The topological polar surface area (TPSA) is 56.6 Å². The molecule has 0 N–H and O–H groups in total. The summed E-state index contributed by atoms with van der Waals surface area (Å²) in [5, 5.41) is 9.12. The Kier molecular flexibility index (Phi) is 7.26. The lowest BCUT2D eigenvalue weighted by Gasteiger charge is -2.30. The zero-order valence-electron chi connectivity index (χ0n) is 16.6. The molecule has 0 aliphatic heterocycles. The lowest BCUT2D eigenvalue weighted by molar-refractivity contribution is -0.153. The quantitative estimate of drug-likeness (QED) is 0.722. The van der Waals surface area contributed by atoms with Gasteiger partial charge in [0.1, 0.15) is 11.3 Å². The number of ether oxygens (including phenoxy) is 1. The standard InChI is InChI=1S/C19H26F3N3O2/c1-13-7-15(8-14(2)17(13)27-12-19(20,21)22)9-24(5)10-16(26)25(6)18(3,4)11-23/h7-8H,9-10,12H2,1-6H3. The van der Waals surface area contributed by atoms with Crippen LogP contribution in [0.5, 0.6) is 5.75 Å². The van der Waals surface area contributed by atoms with E-state index in [1.807, 2.05) is 0 Å². The van der Waals surface area contributed by atoms with Gasteiger partial charge in [-0.2, -0.15) is 18.4 Å². The van der Waals surface area contributed by atoms with Crippen LogP contribution in [0.3, 0.4) is 0 Å². The zero-order chi connectivity index (χ0) is 21.0. The molecular weight excluding hydrogens is 359 g/mol. The van der Waals surface area contributed by atoms with Gasteiger partial charge in [0.15, 0.2) is 6.61 Å². The molecule has 0 bridgehead atoms. The second kappa shape index (κ2) is 8.61. The molecule has 0 aromatic heterocycles. The number of nitriles is 1. The number of carbonyl (C=O) groups excluding carboxylic acids is 1. The Bertz CT molecular complexity index is 701. The molecule has 1 aromatic rings. The first-order valence-electron chi connectivity index (χ1n) is 8.43. The smallest absolute Gasteiger partial charge is 0.422 e. The van der Waals surface area contributed by atoms with Crippen LogP contribution in [0.4, 0.5) is 13.2 Å². The lowest BCUT2D eigenvalue weighted by Crippen LogP contribution is -2.47. The third-order valence-corrected chi connectivity index (χ3v) is 4.24. The molecule has 0 fully saturated rings. The maximum atomic E-state index is 12.4. The Morgan fingerprint density at radius 1 is 1.19 bits per heavy atom. The summed E-state index contributed by atoms with van der Waals surface area (Å²) in [5.74, 6) is 0.0351. The molecule has 0 spiro atoms. The van der Waals surface area contributed by atoms with Gasteiger partial charge in [0.2, 0.25) is 5.91 Å². The fraction of sp³-hybridized carbons (Fsp3) is 0.579. The van der Waals surface area contributed by atoms with Crippen molar-refractivity contribution >= 4 is 5.91 Å². The molecule has 5 nitrogen and oxygen atoms in total. The minimum Gasteiger partial charge on any atom is -0.484 e. The van der Waals surface area contributed by atoms with Gasteiger partial charge in [0.05, 0.1) is 12.6 Å². The minimum absolute atomic E-state index is 0.117. The van der Waals surface area contributed by atoms with Gasteiger partial charge in [-0.05, 0) is 51.4 Å². The van der Waals surface area contributed by atoms with Gasteiger partial charge in [0.25, 0.3) is 0 Å². The van der Waals surface area contributed by atoms with E-state index >= 15 is 0 Å². The van der Waals surface area contributed by atoms with Crippen molar-refractivity contribution in [2.75, 3.05) is 27.2 Å². The van der Waals surface area contributed by atoms with Gasteiger partial charge in [-0.1, -0.05) is 12.1 Å². The van der Waals surface area contributed by atoms with Gasteiger partial charge in [0, 0.05) is 13.6 Å². The summed E-state index contributed by atoms with van der Waals surface area (Å²) in [4.78, 5) is 15.5. The number of carbonyl (C=O) groups is 1. The number of alkyl halides is 3. The third kappa shape index (κ3) is 6.75. The van der Waals surface area contributed by atoms with Crippen LogP contribution in [-0.2, 0) is 11.3 Å². The van der Waals surface area contributed by atoms with Crippen molar-refractivity contribution in [2.24, 2.45) is 0 Å². The molecular formula is C19H26F3N3O2. The average Bonchev–Trinajstić information content (AvgIpc) is 2.51. The Labute approximate surface area is 158 Å². The highest BCUT2D eigenvalue weighted by atomic mass is 19.4. The van der Waals surface area contributed by atoms with Crippen LogP contribution in [0.15, 0.2) is 12.1 Å². The molecule has 27 heavy (non-hydrogen) atoms. The van der Waals surface area contributed by atoms with Crippen LogP contribution >= 0.6 is 0 Å². The predicted octanol–water partition coefficient (Wildman–Crippen LogP) is 3.44. The summed E-state index contributed by atoms with van der Waals surface area (Å²) in [5.41, 5.74) is 1.18. The fourth-order valence-corrected chi connectivity index (χ4v) is 2.60. The number of nitrogens with zero attached hydrogens (tertiary/aromatic N) is 3. The van der Waals surface area contributed by atoms with E-state index in [-0.39, 0.29) is 18.2 Å². The second-order valence-electron chi connectivity index (χ2n) is 7.26. The minimum atomic E-state index is -4.39. The van der Waals surface area contributed by atoms with Crippen molar-refractivity contribution in [3.8, 4) is 11.8 Å². The number of hydrogen-bond acceptors (Lipinski definition) is 4. The van der Waals surface area contributed by atoms with Crippen molar-refractivity contribution in [1.82, 2.24) is 9.80 Å². The van der Waals surface area contributed by atoms with Crippen molar-refractivity contribution in [3.05, 3.63) is 28.8 Å². The molecule has 1 aromatic carbocycles. The molecule has 0 saturated carbocycles. The summed E-state index contributed by atoms with van der Waals surface area (Å²) in [6, 6.07) is 5.59. The molecule has 0 atom stereocenters. The van der Waals surface area contributed by atoms with E-state index < -0.39 is 18.3 Å². The van der Waals surface area contributed by atoms with Crippen LogP contribution in [0.2, 0.25) is 0 Å². The van der Waals surface area contributed by atoms with E-state index in [0.29, 0.717) is 17.7 Å². The Balaban J connectivity index is 2.79. The van der Waals surface area contributed by atoms with Crippen LogP contribution in [0, 0.1) is 25.2 Å². The van der Waals surface area contributed by atoms with E-state index in [0.717, 1.165) is 5.56 Å². The normalized spacial score (nSPS) is 12.0. The van der Waals surface area contributed by atoms with Gasteiger partial charge < -0.3 is 9.64 Å². The van der Waals surface area contributed by atoms with Gasteiger partial charge in [-0.25, -0.2) is 0 Å². The molecule has 0 aliphatic carbocycles. The highest BCUT2D eigenvalue weighted by Gasteiger charge is 2.29. The van der Waals surface area contributed by atoms with Gasteiger partial charge >= 0.3 is 6.18 Å². The van der Waals surface area contributed by atoms with Crippen molar-refractivity contribution in [2.45, 2.75) is 46.0 Å². The number of likely N-dealkylation sites (N-methyl/N-ethyl adjacent to an activating group) is 2. The highest BCUT2D eigenvalue weighted by Crippen LogP contribution is 2.27. The number of halogens is 3. The summed E-state index contributed by atoms with van der Waals surface area (Å²) < 4.78 is 42.0. The molecule has 1 amide bonds. The van der Waals surface area contributed by atoms with E-state index in [2.05, 4.69) is 6.07 Å². The SMILES string of the molecule is Cc1cc(CN(C)CC(=O)N(C)C(C)(C)C#N)cc(C)c1OCC(F)(F)F. The Morgan fingerprint density at radius 3 is 2.15 bits per heavy atom. The average molecular weight is 385 g/mol. The first-order valence-corrected chi connectivity index (χ1v) is 8.43. The maximum Gasteiger partial charge on any atom is 0.422 e. The Morgan fingerprint density at radius 2 is 1.70 bits per heavy atom. The number of benzene rings is 1. The van der Waals surface area contributed by atoms with Gasteiger partial charge in [-0.3, -0.25) is 9.69 Å². The number of rotatable bonds is 7. The highest BCUT2D eigenvalue weighted by molar-refractivity contribution is 5.79. The predicted molar refractivity (Wildman–Crippen MR) is 96.3 cm³/mol. The molecule has 0 heterocycles. The molecule has 0 radical (unpaired) electrons. The van der Waals surface area contributed by atoms with Crippen molar-refractivity contribution in [3.63, 3.8) is 0 Å².